The molecule has 0 saturated carbocycles. The van der Waals surface area contributed by atoms with Crippen molar-refractivity contribution in [1.82, 2.24) is 20.8 Å². The number of benzene rings is 1. The third-order valence-corrected chi connectivity index (χ3v) is 3.71. The van der Waals surface area contributed by atoms with E-state index in [1.54, 1.807) is 19.1 Å². The van der Waals surface area contributed by atoms with Crippen LogP contribution in [0.4, 0.5) is 0 Å². The average Bonchev–Trinajstić information content (AvgIpc) is 3.10. The molecule has 1 atom stereocenters. The van der Waals surface area contributed by atoms with Crippen molar-refractivity contribution in [3.05, 3.63) is 36.0 Å². The third kappa shape index (κ3) is 9.12. The fourth-order valence-corrected chi connectivity index (χ4v) is 2.22. The molecule has 1 amide bonds. The number of carbonyl (C=O) groups excluding carboxylic acids is 1. The summed E-state index contributed by atoms with van der Waals surface area (Å²) in [5.41, 5.74) is 0. The van der Waals surface area contributed by atoms with Gasteiger partial charge in [-0.15, -0.1) is 12.4 Å². The molecule has 1 heterocycles. The van der Waals surface area contributed by atoms with Crippen LogP contribution in [-0.2, 0) is 11.4 Å². The van der Waals surface area contributed by atoms with Crippen molar-refractivity contribution in [3.8, 4) is 11.5 Å². The number of hydrogen-bond acceptors (Lipinski definition) is 8. The highest BCUT2D eigenvalue weighted by atomic mass is 35.5. The van der Waals surface area contributed by atoms with Crippen LogP contribution >= 0.6 is 12.4 Å². The van der Waals surface area contributed by atoms with E-state index >= 15 is 0 Å². The summed E-state index contributed by atoms with van der Waals surface area (Å²) in [6, 6.07) is 7.17. The number of carbonyl (C=O) groups is 1. The predicted molar refractivity (Wildman–Crippen MR) is 109 cm³/mol. The molecule has 0 aliphatic carbocycles. The Morgan fingerprint density at radius 1 is 1.21 bits per heavy atom. The summed E-state index contributed by atoms with van der Waals surface area (Å²) in [5, 5.41) is 19.6. The Balaban J connectivity index is 0.00000420. The lowest BCUT2D eigenvalue weighted by Crippen LogP contribution is -2.38. The van der Waals surface area contributed by atoms with Gasteiger partial charge in [0, 0.05) is 25.6 Å². The molecule has 1 unspecified atom stereocenters. The van der Waals surface area contributed by atoms with E-state index < -0.39 is 6.10 Å². The van der Waals surface area contributed by atoms with E-state index in [2.05, 4.69) is 20.8 Å². The molecule has 0 bridgehead atoms. The van der Waals surface area contributed by atoms with Gasteiger partial charge in [0.05, 0.1) is 0 Å². The van der Waals surface area contributed by atoms with Crippen molar-refractivity contribution >= 4 is 18.3 Å². The van der Waals surface area contributed by atoms with E-state index in [9.17, 15) is 9.90 Å². The average molecular weight is 429 g/mol. The van der Waals surface area contributed by atoms with E-state index in [1.807, 2.05) is 26.0 Å². The molecule has 1 aromatic carbocycles. The number of aryl methyl sites for hydroxylation is 1. The second-order valence-electron chi connectivity index (χ2n) is 6.59. The third-order valence-electron chi connectivity index (χ3n) is 3.71. The molecule has 10 heteroatoms. The number of aliphatic hydroxyl groups excluding tert-OH is 1. The molecule has 0 aliphatic rings. The number of amides is 1. The number of halogens is 1. The van der Waals surface area contributed by atoms with Crippen LogP contribution in [0.3, 0.4) is 0 Å². The zero-order chi connectivity index (χ0) is 20.4. The van der Waals surface area contributed by atoms with Crippen LogP contribution in [-0.4, -0.2) is 53.5 Å². The highest BCUT2D eigenvalue weighted by Crippen LogP contribution is 2.27. The van der Waals surface area contributed by atoms with Crippen LogP contribution in [0.15, 0.2) is 28.8 Å². The Kier molecular flexibility index (Phi) is 11.0. The summed E-state index contributed by atoms with van der Waals surface area (Å²) in [6.45, 7) is 7.08. The van der Waals surface area contributed by atoms with Gasteiger partial charge < -0.3 is 29.7 Å². The standard InChI is InChI=1S/C19H28N4O5.ClH/c1-13(2)19(25)21-9-8-20-10-15(24)11-26-16-6-4-5-7-17(16)27-12-18-22-14(3)23-28-18;/h4-7,13,15,20,24H,8-12H2,1-3H3,(H,21,25);1H. The molecule has 0 spiro atoms. The summed E-state index contributed by atoms with van der Waals surface area (Å²) in [4.78, 5) is 15.5. The second-order valence-corrected chi connectivity index (χ2v) is 6.59. The molecule has 162 valence electrons. The Hall–Kier alpha value is -2.36. The van der Waals surface area contributed by atoms with Crippen molar-refractivity contribution in [2.75, 3.05) is 26.2 Å². The number of nitrogens with zero attached hydrogens (tertiary/aromatic N) is 2. The minimum Gasteiger partial charge on any atom is -0.487 e. The van der Waals surface area contributed by atoms with Gasteiger partial charge in [-0.05, 0) is 19.1 Å². The lowest BCUT2D eigenvalue weighted by atomic mass is 10.2. The molecule has 0 fully saturated rings. The number of rotatable bonds is 12. The molecular formula is C19H29ClN4O5. The van der Waals surface area contributed by atoms with Crippen molar-refractivity contribution in [2.24, 2.45) is 5.92 Å². The maximum atomic E-state index is 11.4. The molecule has 0 aliphatic heterocycles. The summed E-state index contributed by atoms with van der Waals surface area (Å²) in [5.74, 6) is 1.93. The van der Waals surface area contributed by atoms with Crippen LogP contribution in [0.5, 0.6) is 11.5 Å². The van der Waals surface area contributed by atoms with Crippen molar-refractivity contribution in [2.45, 2.75) is 33.5 Å². The smallest absolute Gasteiger partial charge is 0.264 e. The van der Waals surface area contributed by atoms with Crippen molar-refractivity contribution in [3.63, 3.8) is 0 Å². The van der Waals surface area contributed by atoms with Crippen molar-refractivity contribution < 1.29 is 23.9 Å². The van der Waals surface area contributed by atoms with Gasteiger partial charge in [-0.3, -0.25) is 4.79 Å². The van der Waals surface area contributed by atoms with Crippen LogP contribution in [0.1, 0.15) is 25.6 Å². The van der Waals surface area contributed by atoms with E-state index in [1.165, 1.54) is 0 Å². The Labute approximate surface area is 176 Å². The Morgan fingerprint density at radius 3 is 2.52 bits per heavy atom. The SMILES string of the molecule is Cc1noc(COc2ccccc2OCC(O)CNCCNC(=O)C(C)C)n1.Cl. The molecule has 3 N–H and O–H groups in total. The normalized spacial score (nSPS) is 11.6. The zero-order valence-corrected chi connectivity index (χ0v) is 17.7. The molecule has 1 aromatic heterocycles. The number of para-hydroxylation sites is 2. The first-order valence-corrected chi connectivity index (χ1v) is 9.26. The second kappa shape index (κ2) is 13.0. The number of hydrogen-bond donors (Lipinski definition) is 3. The van der Waals surface area contributed by atoms with Crippen LogP contribution in [0, 0.1) is 12.8 Å². The first-order valence-electron chi connectivity index (χ1n) is 9.26. The van der Waals surface area contributed by atoms with Gasteiger partial charge >= 0.3 is 0 Å². The number of nitrogens with one attached hydrogen (secondary N) is 2. The quantitative estimate of drug-likeness (QED) is 0.435. The Morgan fingerprint density at radius 2 is 1.90 bits per heavy atom. The first kappa shape index (κ1) is 24.7. The maximum Gasteiger partial charge on any atom is 0.264 e. The number of aromatic nitrogens is 2. The van der Waals surface area contributed by atoms with Gasteiger partial charge in [0.1, 0.15) is 12.7 Å². The van der Waals surface area contributed by atoms with Gasteiger partial charge in [-0.2, -0.15) is 4.98 Å². The van der Waals surface area contributed by atoms with Gasteiger partial charge in [0.2, 0.25) is 5.91 Å². The van der Waals surface area contributed by atoms with Crippen molar-refractivity contribution in [1.29, 1.82) is 0 Å². The predicted octanol–water partition coefficient (Wildman–Crippen LogP) is 1.48. The first-order chi connectivity index (χ1) is 13.5. The molecule has 0 radical (unpaired) electrons. The number of ether oxygens (including phenoxy) is 2. The molecule has 2 aromatic rings. The molecule has 9 nitrogen and oxygen atoms in total. The summed E-state index contributed by atoms with van der Waals surface area (Å²) in [6.07, 6.45) is -0.701. The summed E-state index contributed by atoms with van der Waals surface area (Å²) >= 11 is 0. The van der Waals surface area contributed by atoms with Crippen LogP contribution in [0.25, 0.3) is 0 Å². The van der Waals surface area contributed by atoms with E-state index in [0.717, 1.165) is 0 Å². The fourth-order valence-electron chi connectivity index (χ4n) is 2.22. The Bertz CT molecular complexity index is 741. The van der Waals surface area contributed by atoms with Crippen LogP contribution in [0.2, 0.25) is 0 Å². The zero-order valence-electron chi connectivity index (χ0n) is 16.9. The topological polar surface area (TPSA) is 119 Å². The molecular weight excluding hydrogens is 400 g/mol. The molecule has 29 heavy (non-hydrogen) atoms. The van der Waals surface area contributed by atoms with E-state index in [0.29, 0.717) is 42.8 Å². The molecule has 2 rings (SSSR count). The van der Waals surface area contributed by atoms with E-state index in [4.69, 9.17) is 14.0 Å². The monoisotopic (exact) mass is 428 g/mol. The highest BCUT2D eigenvalue weighted by Gasteiger charge is 2.11. The fraction of sp³-hybridized carbons (Fsp3) is 0.526. The highest BCUT2D eigenvalue weighted by molar-refractivity contribution is 5.85. The minimum absolute atomic E-state index is 0. The number of aliphatic hydroxyl groups is 1. The van der Waals surface area contributed by atoms with Gasteiger partial charge in [-0.1, -0.05) is 31.1 Å². The summed E-state index contributed by atoms with van der Waals surface area (Å²) in [7, 11) is 0. The van der Waals surface area contributed by atoms with Gasteiger partial charge in [0.15, 0.2) is 23.9 Å². The van der Waals surface area contributed by atoms with Crippen LogP contribution < -0.4 is 20.1 Å². The molecule has 0 saturated heterocycles. The summed E-state index contributed by atoms with van der Waals surface area (Å²) < 4.78 is 16.3. The van der Waals surface area contributed by atoms with Gasteiger partial charge in [0.25, 0.3) is 5.89 Å². The van der Waals surface area contributed by atoms with E-state index in [-0.39, 0.29) is 37.4 Å². The lowest BCUT2D eigenvalue weighted by molar-refractivity contribution is -0.123. The minimum atomic E-state index is -0.701. The van der Waals surface area contributed by atoms with Gasteiger partial charge in [-0.25, -0.2) is 0 Å². The maximum absolute atomic E-state index is 11.4. The largest absolute Gasteiger partial charge is 0.487 e. The lowest BCUT2D eigenvalue weighted by Gasteiger charge is -2.15.